The molecule has 0 aliphatic carbocycles. The van der Waals surface area contributed by atoms with Crippen molar-refractivity contribution >= 4 is 34.2 Å². The number of hydrogen-bond donors (Lipinski definition) is 1. The van der Waals surface area contributed by atoms with Crippen LogP contribution in [0.5, 0.6) is 0 Å². The fraction of sp³-hybridized carbons (Fsp3) is 0.200. The second kappa shape index (κ2) is 5.64. The van der Waals surface area contributed by atoms with Crippen LogP contribution in [0.15, 0.2) is 23.2 Å². The Balaban J connectivity index is 3.05. The SMILES string of the molecule is CSC(=Nc1cc(Cl)ccc1C)NC#N. The van der Waals surface area contributed by atoms with E-state index in [0.717, 1.165) is 11.3 Å². The minimum Gasteiger partial charge on any atom is -0.271 e. The Bertz CT molecular complexity index is 423. The van der Waals surface area contributed by atoms with E-state index in [0.29, 0.717) is 10.2 Å². The first-order valence-corrected chi connectivity index (χ1v) is 5.81. The van der Waals surface area contributed by atoms with Crippen LogP contribution >= 0.6 is 23.4 Å². The molecule has 1 N–H and O–H groups in total. The van der Waals surface area contributed by atoms with Crippen LogP contribution in [0.4, 0.5) is 5.69 Å². The molecule has 78 valence electrons. The third-order valence-electron chi connectivity index (χ3n) is 1.75. The monoisotopic (exact) mass is 239 g/mol. The number of nitrogens with one attached hydrogen (secondary N) is 1. The van der Waals surface area contributed by atoms with Crippen molar-refractivity contribution in [3.05, 3.63) is 28.8 Å². The Labute approximate surface area is 98.2 Å². The molecule has 0 fully saturated rings. The highest BCUT2D eigenvalue weighted by atomic mass is 35.5. The molecule has 15 heavy (non-hydrogen) atoms. The molecule has 1 aromatic rings. The summed E-state index contributed by atoms with van der Waals surface area (Å²) >= 11 is 7.24. The lowest BCUT2D eigenvalue weighted by Gasteiger charge is -2.03. The molecule has 0 spiro atoms. The average molecular weight is 240 g/mol. The van der Waals surface area contributed by atoms with Crippen LogP contribution < -0.4 is 5.32 Å². The molecule has 0 saturated carbocycles. The molecule has 3 nitrogen and oxygen atoms in total. The molecule has 0 aliphatic heterocycles. The highest BCUT2D eigenvalue weighted by Crippen LogP contribution is 2.23. The third kappa shape index (κ3) is 3.46. The molecule has 0 bridgehead atoms. The van der Waals surface area contributed by atoms with Gasteiger partial charge in [0.1, 0.15) is 0 Å². The number of nitriles is 1. The van der Waals surface area contributed by atoms with E-state index in [9.17, 15) is 0 Å². The lowest BCUT2D eigenvalue weighted by atomic mass is 10.2. The number of nitrogens with zero attached hydrogens (tertiary/aromatic N) is 2. The van der Waals surface area contributed by atoms with Gasteiger partial charge in [0.05, 0.1) is 5.69 Å². The second-order valence-electron chi connectivity index (χ2n) is 2.79. The topological polar surface area (TPSA) is 48.2 Å². The van der Waals surface area contributed by atoms with Gasteiger partial charge in [-0.3, -0.25) is 5.32 Å². The zero-order chi connectivity index (χ0) is 11.3. The maximum Gasteiger partial charge on any atom is 0.183 e. The Morgan fingerprint density at radius 3 is 2.93 bits per heavy atom. The maximum absolute atomic E-state index is 8.49. The van der Waals surface area contributed by atoms with E-state index in [1.165, 1.54) is 11.8 Å². The molecular formula is C10H10ClN3S. The van der Waals surface area contributed by atoms with Crippen LogP contribution in [-0.4, -0.2) is 11.4 Å². The van der Waals surface area contributed by atoms with Gasteiger partial charge in [0.15, 0.2) is 11.4 Å². The van der Waals surface area contributed by atoms with Crippen LogP contribution in [-0.2, 0) is 0 Å². The number of halogens is 1. The molecule has 0 heterocycles. The molecule has 0 aromatic heterocycles. The average Bonchev–Trinajstić information content (AvgIpc) is 2.22. The minimum absolute atomic E-state index is 0.558. The molecule has 0 aliphatic rings. The third-order valence-corrected chi connectivity index (χ3v) is 2.56. The molecule has 0 atom stereocenters. The van der Waals surface area contributed by atoms with Crippen molar-refractivity contribution in [2.45, 2.75) is 6.92 Å². The molecule has 5 heteroatoms. The molecule has 0 amide bonds. The number of aliphatic imine (C=N–C) groups is 1. The van der Waals surface area contributed by atoms with Crippen molar-refractivity contribution in [2.24, 2.45) is 4.99 Å². The van der Waals surface area contributed by atoms with E-state index in [-0.39, 0.29) is 0 Å². The van der Waals surface area contributed by atoms with Gasteiger partial charge in [-0.25, -0.2) is 4.99 Å². The number of benzene rings is 1. The van der Waals surface area contributed by atoms with Crippen LogP contribution in [0.2, 0.25) is 5.02 Å². The van der Waals surface area contributed by atoms with Gasteiger partial charge in [-0.1, -0.05) is 29.4 Å². The van der Waals surface area contributed by atoms with Crippen molar-refractivity contribution in [3.8, 4) is 6.19 Å². The summed E-state index contributed by atoms with van der Waals surface area (Å²) in [5.74, 6) is 0. The summed E-state index contributed by atoms with van der Waals surface area (Å²) in [7, 11) is 0. The predicted octanol–water partition coefficient (Wildman–Crippen LogP) is 3.07. The quantitative estimate of drug-likeness (QED) is 0.355. The number of hydrogen-bond acceptors (Lipinski definition) is 3. The fourth-order valence-electron chi connectivity index (χ4n) is 0.985. The maximum atomic E-state index is 8.49. The highest BCUT2D eigenvalue weighted by Gasteiger charge is 2.00. The van der Waals surface area contributed by atoms with Crippen molar-refractivity contribution in [3.63, 3.8) is 0 Å². The van der Waals surface area contributed by atoms with E-state index in [2.05, 4.69) is 10.3 Å². The van der Waals surface area contributed by atoms with Crippen LogP contribution in [0.25, 0.3) is 0 Å². The molecule has 0 radical (unpaired) electrons. The van der Waals surface area contributed by atoms with Gasteiger partial charge < -0.3 is 0 Å². The van der Waals surface area contributed by atoms with Crippen LogP contribution in [0.1, 0.15) is 5.56 Å². The molecular weight excluding hydrogens is 230 g/mol. The first kappa shape index (κ1) is 11.9. The van der Waals surface area contributed by atoms with Gasteiger partial charge in [-0.05, 0) is 30.9 Å². The van der Waals surface area contributed by atoms with Gasteiger partial charge in [0.2, 0.25) is 0 Å². The van der Waals surface area contributed by atoms with Gasteiger partial charge in [0.25, 0.3) is 0 Å². The van der Waals surface area contributed by atoms with Gasteiger partial charge >= 0.3 is 0 Å². The van der Waals surface area contributed by atoms with Crippen molar-refractivity contribution < 1.29 is 0 Å². The number of aryl methyl sites for hydroxylation is 1. The van der Waals surface area contributed by atoms with E-state index < -0.39 is 0 Å². The highest BCUT2D eigenvalue weighted by molar-refractivity contribution is 8.13. The summed E-state index contributed by atoms with van der Waals surface area (Å²) in [6.07, 6.45) is 3.69. The summed E-state index contributed by atoms with van der Waals surface area (Å²) in [5.41, 5.74) is 1.79. The minimum atomic E-state index is 0.558. The number of thioether (sulfide) groups is 1. The fourth-order valence-corrected chi connectivity index (χ4v) is 1.49. The molecule has 0 unspecified atom stereocenters. The summed E-state index contributed by atoms with van der Waals surface area (Å²) < 4.78 is 0. The Kier molecular flexibility index (Phi) is 4.47. The summed E-state index contributed by atoms with van der Waals surface area (Å²) in [6, 6.07) is 5.48. The van der Waals surface area contributed by atoms with E-state index in [1.807, 2.05) is 31.5 Å². The predicted molar refractivity (Wildman–Crippen MR) is 65.5 cm³/mol. The van der Waals surface area contributed by atoms with Crippen LogP contribution in [0, 0.1) is 18.4 Å². The largest absolute Gasteiger partial charge is 0.271 e. The zero-order valence-corrected chi connectivity index (χ0v) is 9.99. The van der Waals surface area contributed by atoms with Crippen molar-refractivity contribution in [2.75, 3.05) is 6.26 Å². The first-order valence-electron chi connectivity index (χ1n) is 4.21. The summed E-state index contributed by atoms with van der Waals surface area (Å²) in [6.45, 7) is 1.94. The lowest BCUT2D eigenvalue weighted by molar-refractivity contribution is 1.27. The normalized spacial score (nSPS) is 10.9. The zero-order valence-electron chi connectivity index (χ0n) is 8.41. The van der Waals surface area contributed by atoms with Gasteiger partial charge in [-0.15, -0.1) is 0 Å². The Hall–Kier alpha value is -1.18. The Morgan fingerprint density at radius 1 is 1.60 bits per heavy atom. The second-order valence-corrected chi connectivity index (χ2v) is 4.02. The van der Waals surface area contributed by atoms with E-state index >= 15 is 0 Å². The van der Waals surface area contributed by atoms with Crippen LogP contribution in [0.3, 0.4) is 0 Å². The van der Waals surface area contributed by atoms with E-state index in [4.69, 9.17) is 16.9 Å². The summed E-state index contributed by atoms with van der Waals surface area (Å²) in [5, 5.41) is 12.2. The van der Waals surface area contributed by atoms with Gasteiger partial charge in [0, 0.05) is 5.02 Å². The van der Waals surface area contributed by atoms with Crippen molar-refractivity contribution in [1.29, 1.82) is 5.26 Å². The number of rotatable bonds is 1. The van der Waals surface area contributed by atoms with Gasteiger partial charge in [-0.2, -0.15) is 5.26 Å². The smallest absolute Gasteiger partial charge is 0.183 e. The van der Waals surface area contributed by atoms with Crippen molar-refractivity contribution in [1.82, 2.24) is 5.32 Å². The molecule has 1 aromatic carbocycles. The first-order chi connectivity index (χ1) is 7.17. The van der Waals surface area contributed by atoms with E-state index in [1.54, 1.807) is 6.07 Å². The lowest BCUT2D eigenvalue weighted by Crippen LogP contribution is -2.12. The molecule has 0 saturated heterocycles. The standard InChI is InChI=1S/C10H10ClN3S/c1-7-3-4-8(11)5-9(7)14-10(15-2)13-6-12/h3-5H,1-2H3,(H,13,14). The number of amidine groups is 1. The molecule has 1 rings (SSSR count). The Morgan fingerprint density at radius 2 is 2.33 bits per heavy atom. The summed E-state index contributed by atoms with van der Waals surface area (Å²) in [4.78, 5) is 4.29.